The molecule has 2 atom stereocenters. The molecule has 0 N–H and O–H groups in total. The molecule has 400 valence electrons. The van der Waals surface area contributed by atoms with Crippen LogP contribution >= 0.6 is 38.7 Å². The van der Waals surface area contributed by atoms with Gasteiger partial charge in [0.15, 0.2) is 11.5 Å². The summed E-state index contributed by atoms with van der Waals surface area (Å²) < 4.78 is 44.8. The van der Waals surface area contributed by atoms with E-state index in [9.17, 15) is 18.0 Å². The minimum Gasteiger partial charge on any atom is -0.303 e. The molecule has 0 aliphatic carbocycles. The molecule has 0 aliphatic rings. The number of aromatic nitrogens is 7. The summed E-state index contributed by atoms with van der Waals surface area (Å²) in [6.07, 6.45) is 0.238. The summed E-state index contributed by atoms with van der Waals surface area (Å²) in [5, 5.41) is 15.7. The Hall–Kier alpha value is -7.87. The van der Waals surface area contributed by atoms with Crippen LogP contribution in [0.5, 0.6) is 0 Å². The lowest BCUT2D eigenvalue weighted by atomic mass is 9.97. The number of aryl methyl sites for hydroxylation is 5. The number of imidazole rings is 2. The van der Waals surface area contributed by atoms with Gasteiger partial charge in [0, 0.05) is 38.1 Å². The Labute approximate surface area is 474 Å². The highest BCUT2D eigenvalue weighted by atomic mass is 79.9. The van der Waals surface area contributed by atoms with Crippen molar-refractivity contribution < 1.29 is 18.0 Å². The Kier molecular flexibility index (Phi) is 18.3. The van der Waals surface area contributed by atoms with E-state index in [1.807, 2.05) is 67.9 Å². The van der Waals surface area contributed by atoms with E-state index in [2.05, 4.69) is 221 Å². The molecule has 0 saturated carbocycles. The summed E-state index contributed by atoms with van der Waals surface area (Å²) in [6, 6.07) is 59.3. The Morgan fingerprint density at radius 3 is 1.62 bits per heavy atom. The number of carbonyl (C=O) groups is 1. The SMILES string of the molecule is Cc1ccc(C(C)C(=O)C=P(c2ccccc2)(c2ccccc2)c2ccccc2)cc1.Cc1ccc(C(C)c2cnnn2-c2cc(Br)ccc2-n2cc(C)nc2C)cc1.Cc1nc(C(F)(F)F)cn1-c1ccc(Br)cc1N=[N+]=[N-]. The van der Waals surface area contributed by atoms with Crippen molar-refractivity contribution in [3.8, 4) is 17.1 Å². The average molecular weight is 1200 g/mol. The van der Waals surface area contributed by atoms with E-state index < -0.39 is 18.8 Å². The third kappa shape index (κ3) is 13.4. The molecule has 10 aromatic rings. The molecule has 0 radical (unpaired) electrons. The van der Waals surface area contributed by atoms with E-state index in [0.717, 1.165) is 44.8 Å². The summed E-state index contributed by atoms with van der Waals surface area (Å²) >= 11 is 6.81. The molecule has 2 unspecified atom stereocenters. The van der Waals surface area contributed by atoms with Crippen LogP contribution in [0.4, 0.5) is 18.9 Å². The van der Waals surface area contributed by atoms with Crippen molar-refractivity contribution in [2.75, 3.05) is 0 Å². The first-order chi connectivity index (χ1) is 37.9. The number of halogens is 5. The molecule has 3 aromatic heterocycles. The van der Waals surface area contributed by atoms with Crippen molar-refractivity contribution in [2.24, 2.45) is 5.11 Å². The summed E-state index contributed by atoms with van der Waals surface area (Å²) in [4.78, 5) is 24.4. The molecule has 0 bridgehead atoms. The van der Waals surface area contributed by atoms with Gasteiger partial charge in [0.05, 0.1) is 40.3 Å². The van der Waals surface area contributed by atoms with Gasteiger partial charge in [-0.3, -0.25) is 4.79 Å². The van der Waals surface area contributed by atoms with Crippen LogP contribution in [0.2, 0.25) is 0 Å². The van der Waals surface area contributed by atoms with Crippen molar-refractivity contribution in [2.45, 2.75) is 66.5 Å². The lowest BCUT2D eigenvalue weighted by molar-refractivity contribution is -0.141. The van der Waals surface area contributed by atoms with E-state index >= 15 is 0 Å². The number of azide groups is 1. The van der Waals surface area contributed by atoms with E-state index in [1.165, 1.54) is 50.2 Å². The molecule has 0 saturated heterocycles. The molecule has 11 nitrogen and oxygen atoms in total. The van der Waals surface area contributed by atoms with Crippen LogP contribution in [0.3, 0.4) is 0 Å². The summed E-state index contributed by atoms with van der Waals surface area (Å²) in [7, 11) is 0. The van der Waals surface area contributed by atoms with Gasteiger partial charge < -0.3 is 9.13 Å². The minimum absolute atomic E-state index is 0.147. The zero-order chi connectivity index (χ0) is 56.4. The maximum absolute atomic E-state index is 13.7. The van der Waals surface area contributed by atoms with Crippen LogP contribution in [-0.4, -0.2) is 45.7 Å². The van der Waals surface area contributed by atoms with Crippen molar-refractivity contribution in [1.29, 1.82) is 0 Å². The number of benzene rings is 7. The van der Waals surface area contributed by atoms with E-state index in [-0.39, 0.29) is 29.1 Å². The zero-order valence-corrected chi connectivity index (χ0v) is 48.5. The molecule has 7 aromatic carbocycles. The van der Waals surface area contributed by atoms with Gasteiger partial charge in [-0.25, -0.2) is 14.6 Å². The van der Waals surface area contributed by atoms with Crippen molar-refractivity contribution in [3.63, 3.8) is 0 Å². The third-order valence-electron chi connectivity index (χ3n) is 13.4. The topological polar surface area (TPSA) is 132 Å². The molecule has 3 heterocycles. The standard InChI is InChI=1S/C29H27OP.C22H22BrN5.C11H7BrF3N5/c1-23-18-20-25(21-19-23)24(2)29(30)22-31(26-12-6-3-7-13-26,27-14-8-4-9-15-27)28-16-10-5-11-17-28;1-14-5-7-18(8-6-14)16(3)22-12-24-26-28(22)21-11-19(23)9-10-20(21)27-13-15(2)25-17(27)4;1-6-17-10(11(13,14)15)5-20(6)9-3-2-7(12)4-8(9)18-19-16/h3-22,24H,1-2H3;5-13,16H,1-4H3;2-5H,1H3. The Balaban J connectivity index is 0.000000160. The molecule has 10 rings (SSSR count). The highest BCUT2D eigenvalue weighted by Crippen LogP contribution is 2.44. The van der Waals surface area contributed by atoms with Crippen LogP contribution < -0.4 is 15.9 Å². The van der Waals surface area contributed by atoms with Gasteiger partial charge in [-0.15, -0.1) is 5.10 Å². The number of hydrogen-bond acceptors (Lipinski definition) is 6. The fourth-order valence-corrected chi connectivity index (χ4v) is 13.7. The third-order valence-corrected chi connectivity index (χ3v) is 18.3. The lowest BCUT2D eigenvalue weighted by Crippen LogP contribution is -2.29. The second kappa shape index (κ2) is 25.3. The second-order valence-electron chi connectivity index (χ2n) is 18.9. The van der Waals surface area contributed by atoms with Crippen molar-refractivity contribution in [3.05, 3.63) is 265 Å². The van der Waals surface area contributed by atoms with Crippen LogP contribution in [0.25, 0.3) is 27.5 Å². The normalized spacial score (nSPS) is 12.0. The highest BCUT2D eigenvalue weighted by Gasteiger charge is 2.35. The fourth-order valence-electron chi connectivity index (χ4n) is 9.15. The monoisotopic (exact) mass is 1200 g/mol. The molecule has 0 spiro atoms. The molecule has 0 fully saturated rings. The quantitative estimate of drug-likeness (QED) is 0.0520. The minimum atomic E-state index is -4.52. The van der Waals surface area contributed by atoms with Crippen LogP contribution in [-0.2, 0) is 11.0 Å². The Bertz CT molecular complexity index is 3710. The summed E-state index contributed by atoms with van der Waals surface area (Å²) in [5.41, 5.74) is 16.8. The van der Waals surface area contributed by atoms with Crippen molar-refractivity contribution >= 4 is 71.9 Å². The number of carbonyl (C=O) groups excluding carboxylic acids is 1. The number of Topliss-reactive ketones (excluding diaryl/α,β-unsaturated/α-hetero) is 1. The first-order valence-electron chi connectivity index (χ1n) is 25.2. The number of rotatable bonds is 12. The first-order valence-corrected chi connectivity index (χ1v) is 28.6. The number of hydrogen-bond donors (Lipinski definition) is 0. The van der Waals surface area contributed by atoms with Gasteiger partial charge in [-0.1, -0.05) is 207 Å². The smallest absolute Gasteiger partial charge is 0.303 e. The summed E-state index contributed by atoms with van der Waals surface area (Å²) in [5.74, 6) is 3.25. The van der Waals surface area contributed by atoms with Gasteiger partial charge in [0.1, 0.15) is 11.6 Å². The predicted molar refractivity (Wildman–Crippen MR) is 320 cm³/mol. The van der Waals surface area contributed by atoms with E-state index in [0.29, 0.717) is 10.2 Å². The van der Waals surface area contributed by atoms with Crippen LogP contribution in [0.15, 0.2) is 209 Å². The number of ketones is 1. The molecular formula is C62H56Br2F3N10OP. The average Bonchev–Trinajstić information content (AvgIpc) is 4.32. The van der Waals surface area contributed by atoms with Crippen molar-refractivity contribution in [1.82, 2.24) is 34.1 Å². The maximum Gasteiger partial charge on any atom is 0.434 e. The van der Waals surface area contributed by atoms with E-state index in [1.54, 1.807) is 12.1 Å². The molecule has 79 heavy (non-hydrogen) atoms. The second-order valence-corrected chi connectivity index (χ2v) is 24.0. The molecule has 0 amide bonds. The zero-order valence-electron chi connectivity index (χ0n) is 44.4. The van der Waals surface area contributed by atoms with Gasteiger partial charge in [-0.2, -0.15) is 13.2 Å². The lowest BCUT2D eigenvalue weighted by Gasteiger charge is -2.29. The maximum atomic E-state index is 13.7. The Morgan fingerprint density at radius 1 is 0.633 bits per heavy atom. The first kappa shape index (κ1) is 57.3. The fraction of sp³-hybridized carbons (Fsp3) is 0.161. The Morgan fingerprint density at radius 2 is 1.13 bits per heavy atom. The number of nitrogens with zero attached hydrogens (tertiary/aromatic N) is 10. The molecule has 0 aliphatic heterocycles. The van der Waals surface area contributed by atoms with Crippen LogP contribution in [0.1, 0.15) is 76.7 Å². The summed E-state index contributed by atoms with van der Waals surface area (Å²) in [6.45, 7) is 11.6. The predicted octanol–water partition coefficient (Wildman–Crippen LogP) is 15.7. The molecular weight excluding hydrogens is 1150 g/mol. The highest BCUT2D eigenvalue weighted by molar-refractivity contribution is 9.10. The van der Waals surface area contributed by atoms with Gasteiger partial charge in [0.25, 0.3) is 0 Å². The van der Waals surface area contributed by atoms with Crippen LogP contribution in [0, 0.1) is 34.6 Å². The van der Waals surface area contributed by atoms with Gasteiger partial charge >= 0.3 is 6.18 Å². The number of alkyl halides is 3. The van der Waals surface area contributed by atoms with Gasteiger partial charge in [0.2, 0.25) is 0 Å². The largest absolute Gasteiger partial charge is 0.434 e. The van der Waals surface area contributed by atoms with Gasteiger partial charge in [-0.05, 0) is 116 Å². The molecule has 17 heteroatoms. The van der Waals surface area contributed by atoms with E-state index in [4.69, 9.17) is 5.53 Å².